The lowest BCUT2D eigenvalue weighted by Crippen LogP contribution is -2.15. The Morgan fingerprint density at radius 2 is 0.610 bits per heavy atom. The molecule has 196 valence electrons. The van der Waals surface area contributed by atoms with Crippen LogP contribution >= 0.6 is 0 Å². The van der Waals surface area contributed by atoms with Gasteiger partial charge in [0, 0.05) is 44.0 Å². The topological polar surface area (TPSA) is 9.86 Å². The van der Waals surface area contributed by atoms with Crippen molar-refractivity contribution < 1.29 is 8.78 Å². The van der Waals surface area contributed by atoms with Crippen molar-refractivity contribution in [3.8, 4) is 11.4 Å². The molecule has 2 aromatic heterocycles. The third-order valence-corrected chi connectivity index (χ3v) is 8.14. The highest BCUT2D eigenvalue weighted by atomic mass is 19.3. The van der Waals surface area contributed by atoms with Crippen LogP contribution in [0.3, 0.4) is 0 Å². The van der Waals surface area contributed by atoms with Gasteiger partial charge >= 0.3 is 0 Å². The Bertz CT molecular complexity index is 1950. The molecule has 0 saturated carbocycles. The van der Waals surface area contributed by atoms with E-state index in [-0.39, 0.29) is 11.1 Å². The molecule has 8 rings (SSSR count). The molecule has 0 fully saturated rings. The molecule has 0 saturated heterocycles. The number of nitrogens with zero attached hydrogens (tertiary/aromatic N) is 2. The van der Waals surface area contributed by atoms with Gasteiger partial charge in [0.1, 0.15) is 0 Å². The molecule has 2 heterocycles. The fourth-order valence-electron chi connectivity index (χ4n) is 6.21. The summed E-state index contributed by atoms with van der Waals surface area (Å²) in [5.74, 6) is -3.14. The summed E-state index contributed by atoms with van der Waals surface area (Å²) in [6, 6.07) is 46.1. The summed E-state index contributed by atoms with van der Waals surface area (Å²) in [4.78, 5) is 0. The van der Waals surface area contributed by atoms with E-state index < -0.39 is 5.92 Å². The van der Waals surface area contributed by atoms with Crippen molar-refractivity contribution in [1.29, 1.82) is 0 Å². The highest BCUT2D eigenvalue weighted by Crippen LogP contribution is 2.39. The SMILES string of the molecule is FC(F)(c1ccc(-n2c3ccccc3c3ccccc32)cc1)c1ccc(-n2c3ccccc3c3ccccc32)cc1. The van der Waals surface area contributed by atoms with Gasteiger partial charge in [-0.05, 0) is 48.5 Å². The molecule has 2 nitrogen and oxygen atoms in total. The van der Waals surface area contributed by atoms with Gasteiger partial charge in [-0.2, -0.15) is 8.78 Å². The first-order valence-electron chi connectivity index (χ1n) is 13.7. The van der Waals surface area contributed by atoms with Crippen LogP contribution in [-0.2, 0) is 5.92 Å². The molecule has 0 aliphatic heterocycles. The molecule has 41 heavy (non-hydrogen) atoms. The number of fused-ring (bicyclic) bond motifs is 6. The van der Waals surface area contributed by atoms with Crippen molar-refractivity contribution in [3.63, 3.8) is 0 Å². The fourth-order valence-corrected chi connectivity index (χ4v) is 6.21. The zero-order chi connectivity index (χ0) is 27.6. The molecule has 0 aliphatic rings. The predicted octanol–water partition coefficient (Wildman–Crippen LogP) is 10.0. The molecular formula is C37H24F2N2. The second kappa shape index (κ2) is 8.90. The van der Waals surface area contributed by atoms with Crippen molar-refractivity contribution in [3.05, 3.63) is 157 Å². The molecule has 0 atom stereocenters. The molecule has 8 aromatic rings. The first-order chi connectivity index (χ1) is 20.1. The Labute approximate surface area is 235 Å². The van der Waals surface area contributed by atoms with E-state index in [1.54, 1.807) is 48.5 Å². The maximum absolute atomic E-state index is 15.8. The molecular weight excluding hydrogens is 510 g/mol. The van der Waals surface area contributed by atoms with Gasteiger partial charge in [-0.3, -0.25) is 0 Å². The van der Waals surface area contributed by atoms with Crippen molar-refractivity contribution in [2.75, 3.05) is 0 Å². The lowest BCUT2D eigenvalue weighted by atomic mass is 9.99. The molecule has 0 radical (unpaired) electrons. The van der Waals surface area contributed by atoms with Crippen LogP contribution < -0.4 is 0 Å². The monoisotopic (exact) mass is 534 g/mol. The van der Waals surface area contributed by atoms with E-state index >= 15 is 8.78 Å². The fraction of sp³-hybridized carbons (Fsp3) is 0.0270. The second-order valence-corrected chi connectivity index (χ2v) is 10.4. The number of rotatable bonds is 4. The van der Waals surface area contributed by atoms with E-state index in [9.17, 15) is 0 Å². The van der Waals surface area contributed by atoms with E-state index in [4.69, 9.17) is 0 Å². The van der Waals surface area contributed by atoms with Crippen LogP contribution in [0, 0.1) is 0 Å². The zero-order valence-corrected chi connectivity index (χ0v) is 22.0. The smallest absolute Gasteiger partial charge is 0.298 e. The van der Waals surface area contributed by atoms with E-state index in [1.165, 1.54) is 0 Å². The summed E-state index contributed by atoms with van der Waals surface area (Å²) in [5.41, 5.74) is 5.83. The lowest BCUT2D eigenvalue weighted by Gasteiger charge is -2.19. The van der Waals surface area contributed by atoms with Crippen LogP contribution in [0.2, 0.25) is 0 Å². The van der Waals surface area contributed by atoms with Gasteiger partial charge in [0.2, 0.25) is 0 Å². The number of halogens is 2. The molecule has 0 amide bonds. The minimum atomic E-state index is -3.14. The summed E-state index contributed by atoms with van der Waals surface area (Å²) in [6.07, 6.45) is 0. The van der Waals surface area contributed by atoms with E-state index in [0.29, 0.717) is 0 Å². The van der Waals surface area contributed by atoms with Crippen LogP contribution in [-0.4, -0.2) is 9.13 Å². The first-order valence-corrected chi connectivity index (χ1v) is 13.7. The maximum Gasteiger partial charge on any atom is 0.298 e. The van der Waals surface area contributed by atoms with E-state index in [2.05, 4.69) is 57.7 Å². The molecule has 6 aromatic carbocycles. The summed E-state index contributed by atoms with van der Waals surface area (Å²) in [5, 5.41) is 4.56. The number of hydrogen-bond acceptors (Lipinski definition) is 0. The van der Waals surface area contributed by atoms with Gasteiger partial charge in [0.05, 0.1) is 22.1 Å². The average molecular weight is 535 g/mol. The molecule has 0 N–H and O–H groups in total. The molecule has 0 aliphatic carbocycles. The largest absolute Gasteiger partial charge is 0.309 e. The Balaban J connectivity index is 1.17. The quantitative estimate of drug-likeness (QED) is 0.213. The van der Waals surface area contributed by atoms with Gasteiger partial charge in [-0.1, -0.05) is 97.1 Å². The Morgan fingerprint density at radius 3 is 0.902 bits per heavy atom. The molecule has 4 heteroatoms. The summed E-state index contributed by atoms with van der Waals surface area (Å²) >= 11 is 0. The van der Waals surface area contributed by atoms with E-state index in [0.717, 1.165) is 55.0 Å². The molecule has 0 bridgehead atoms. The molecule has 0 spiro atoms. The zero-order valence-electron chi connectivity index (χ0n) is 22.0. The van der Waals surface area contributed by atoms with Crippen LogP contribution in [0.15, 0.2) is 146 Å². The average Bonchev–Trinajstić information content (AvgIpc) is 3.54. The van der Waals surface area contributed by atoms with Crippen LogP contribution in [0.1, 0.15) is 11.1 Å². The van der Waals surface area contributed by atoms with Gasteiger partial charge in [0.25, 0.3) is 5.92 Å². The number of aromatic nitrogens is 2. The maximum atomic E-state index is 15.8. The van der Waals surface area contributed by atoms with Gasteiger partial charge in [-0.25, -0.2) is 0 Å². The van der Waals surface area contributed by atoms with Crippen LogP contribution in [0.4, 0.5) is 8.78 Å². The third kappa shape index (κ3) is 3.54. The number of para-hydroxylation sites is 4. The highest BCUT2D eigenvalue weighted by molar-refractivity contribution is 6.10. The summed E-state index contributed by atoms with van der Waals surface area (Å²) in [7, 11) is 0. The van der Waals surface area contributed by atoms with Gasteiger partial charge in [0.15, 0.2) is 0 Å². The Morgan fingerprint density at radius 1 is 0.341 bits per heavy atom. The summed E-state index contributed by atoms with van der Waals surface area (Å²) < 4.78 is 35.9. The third-order valence-electron chi connectivity index (χ3n) is 8.14. The van der Waals surface area contributed by atoms with Crippen molar-refractivity contribution in [2.45, 2.75) is 5.92 Å². The normalized spacial score (nSPS) is 12.1. The number of hydrogen-bond donors (Lipinski definition) is 0. The standard InChI is InChI=1S/C37H24F2N2/c38-37(39,25-17-21-27(22-18-25)40-33-13-5-1-9-29(33)30-10-2-6-14-34(30)40)26-19-23-28(24-20-26)41-35-15-7-3-11-31(35)32-12-4-8-16-36(32)41/h1-24H. The minimum absolute atomic E-state index is 0.0355. The second-order valence-electron chi connectivity index (χ2n) is 10.4. The van der Waals surface area contributed by atoms with Crippen molar-refractivity contribution in [2.24, 2.45) is 0 Å². The lowest BCUT2D eigenvalue weighted by molar-refractivity contribution is 0.0428. The Kier molecular flexibility index (Phi) is 5.13. The van der Waals surface area contributed by atoms with Crippen LogP contribution in [0.25, 0.3) is 55.0 Å². The van der Waals surface area contributed by atoms with Crippen LogP contribution in [0.5, 0.6) is 0 Å². The van der Waals surface area contributed by atoms with Crippen molar-refractivity contribution >= 4 is 43.6 Å². The van der Waals surface area contributed by atoms with Crippen molar-refractivity contribution in [1.82, 2.24) is 9.13 Å². The predicted molar refractivity (Wildman–Crippen MR) is 165 cm³/mol. The summed E-state index contributed by atoms with van der Waals surface area (Å²) in [6.45, 7) is 0. The number of alkyl halides is 2. The van der Waals surface area contributed by atoms with E-state index in [1.807, 2.05) is 48.5 Å². The van der Waals surface area contributed by atoms with Gasteiger partial charge < -0.3 is 9.13 Å². The highest BCUT2D eigenvalue weighted by Gasteiger charge is 2.34. The Hall–Kier alpha value is -5.22. The molecule has 0 unspecified atom stereocenters. The first kappa shape index (κ1) is 23.6. The number of benzene rings is 6. The minimum Gasteiger partial charge on any atom is -0.309 e. The van der Waals surface area contributed by atoms with Gasteiger partial charge in [-0.15, -0.1) is 0 Å².